The summed E-state index contributed by atoms with van der Waals surface area (Å²) in [5.41, 5.74) is 4.30. The first-order chi connectivity index (χ1) is 6.86. The summed E-state index contributed by atoms with van der Waals surface area (Å²) in [6.45, 7) is 0. The third-order valence-corrected chi connectivity index (χ3v) is 2.54. The molecule has 2 aliphatic rings. The van der Waals surface area contributed by atoms with E-state index in [-0.39, 0.29) is 0 Å². The molecule has 1 aliphatic carbocycles. The zero-order chi connectivity index (χ0) is 9.54. The molecule has 0 fully saturated rings. The highest BCUT2D eigenvalue weighted by atomic mass is 16.3. The molecule has 0 bridgehead atoms. The van der Waals surface area contributed by atoms with Crippen LogP contribution < -0.4 is 0 Å². The number of aliphatic imine (C=N–C) groups is 1. The van der Waals surface area contributed by atoms with Gasteiger partial charge in [-0.3, -0.25) is 4.99 Å². The van der Waals surface area contributed by atoms with E-state index in [1.165, 1.54) is 5.57 Å². The molecule has 0 aromatic heterocycles. The van der Waals surface area contributed by atoms with Gasteiger partial charge < -0.3 is 5.11 Å². The van der Waals surface area contributed by atoms with Crippen LogP contribution >= 0.6 is 0 Å². The molecular weight excluding hydrogens is 174 g/mol. The Morgan fingerprint density at radius 1 is 1.29 bits per heavy atom. The van der Waals surface area contributed by atoms with Crippen molar-refractivity contribution in [1.29, 1.82) is 0 Å². The molecule has 0 atom stereocenters. The molecule has 0 unspecified atom stereocenters. The maximum Gasteiger partial charge on any atom is 0.123 e. The number of hydrogen-bond donors (Lipinski definition) is 1. The number of hydrogen-bond acceptors (Lipinski definition) is 2. The van der Waals surface area contributed by atoms with Crippen molar-refractivity contribution in [2.24, 2.45) is 4.99 Å². The number of benzene rings is 1. The number of rotatable bonds is 0. The largest absolute Gasteiger partial charge is 0.507 e. The van der Waals surface area contributed by atoms with E-state index in [0.717, 1.165) is 23.2 Å². The van der Waals surface area contributed by atoms with Crippen molar-refractivity contribution < 1.29 is 5.11 Å². The third kappa shape index (κ3) is 1.01. The molecule has 0 spiro atoms. The predicted octanol–water partition coefficient (Wildman–Crippen LogP) is 2.60. The Balaban J connectivity index is 2.29. The Hall–Kier alpha value is -1.83. The second-order valence-electron chi connectivity index (χ2n) is 3.48. The maximum atomic E-state index is 9.75. The Kier molecular flexibility index (Phi) is 1.39. The van der Waals surface area contributed by atoms with Crippen LogP contribution in [0.1, 0.15) is 17.5 Å². The summed E-state index contributed by atoms with van der Waals surface area (Å²) in [6.07, 6.45) is 6.58. The van der Waals surface area contributed by atoms with Gasteiger partial charge in [0.05, 0.1) is 0 Å². The second-order valence-corrected chi connectivity index (χ2v) is 3.48. The molecule has 1 N–H and O–H groups in total. The fourth-order valence-corrected chi connectivity index (χ4v) is 1.78. The molecule has 1 aromatic rings. The average molecular weight is 183 g/mol. The number of aromatic hydroxyl groups is 1. The van der Waals surface area contributed by atoms with Crippen LogP contribution in [0.15, 0.2) is 35.0 Å². The van der Waals surface area contributed by atoms with Crippen molar-refractivity contribution in [3.63, 3.8) is 0 Å². The van der Waals surface area contributed by atoms with Gasteiger partial charge in [0, 0.05) is 23.9 Å². The van der Waals surface area contributed by atoms with Crippen molar-refractivity contribution in [3.8, 4) is 5.75 Å². The summed E-state index contributed by atoms with van der Waals surface area (Å²) < 4.78 is 0. The standard InChI is InChI=1S/C12H9NO/c14-11-5-1-3-8-4-2-6-13-10-7-9(10)12(8)11/h1-6,14H,7H2. The molecular formula is C12H9NO. The molecule has 1 aliphatic heterocycles. The molecule has 0 radical (unpaired) electrons. The average Bonchev–Trinajstić information content (AvgIpc) is 2.87. The summed E-state index contributed by atoms with van der Waals surface area (Å²) in [5.74, 6) is 0.356. The van der Waals surface area contributed by atoms with Crippen molar-refractivity contribution in [2.45, 2.75) is 6.42 Å². The van der Waals surface area contributed by atoms with Gasteiger partial charge in [-0.1, -0.05) is 18.2 Å². The van der Waals surface area contributed by atoms with Crippen LogP contribution in [0, 0.1) is 0 Å². The highest BCUT2D eigenvalue weighted by molar-refractivity contribution is 5.94. The van der Waals surface area contributed by atoms with Gasteiger partial charge in [-0.15, -0.1) is 0 Å². The molecule has 1 heterocycles. The Bertz CT molecular complexity index is 495. The van der Waals surface area contributed by atoms with E-state index in [4.69, 9.17) is 0 Å². The van der Waals surface area contributed by atoms with E-state index in [0.29, 0.717) is 5.75 Å². The Labute approximate surface area is 81.9 Å². The topological polar surface area (TPSA) is 32.6 Å². The van der Waals surface area contributed by atoms with Gasteiger partial charge in [0.2, 0.25) is 0 Å². The van der Waals surface area contributed by atoms with Gasteiger partial charge in [0.1, 0.15) is 5.75 Å². The normalized spacial score (nSPS) is 17.1. The number of nitrogens with zero attached hydrogens (tertiary/aromatic N) is 1. The van der Waals surface area contributed by atoms with Crippen LogP contribution in [0.4, 0.5) is 0 Å². The first-order valence-electron chi connectivity index (χ1n) is 4.61. The lowest BCUT2D eigenvalue weighted by atomic mass is 10.0. The minimum atomic E-state index is 0.356. The molecule has 0 saturated carbocycles. The van der Waals surface area contributed by atoms with Crippen LogP contribution in [0.3, 0.4) is 0 Å². The predicted molar refractivity (Wildman–Crippen MR) is 57.2 cm³/mol. The van der Waals surface area contributed by atoms with Crippen molar-refractivity contribution in [3.05, 3.63) is 41.1 Å². The number of fused-ring (bicyclic) bond motifs is 2. The van der Waals surface area contributed by atoms with Gasteiger partial charge in [-0.05, 0) is 23.3 Å². The van der Waals surface area contributed by atoms with Gasteiger partial charge in [0.15, 0.2) is 0 Å². The SMILES string of the molecule is Oc1cccc2c1C1=C(C1)N=CC=C2. The Morgan fingerprint density at radius 2 is 2.21 bits per heavy atom. The fourth-order valence-electron chi connectivity index (χ4n) is 1.78. The Morgan fingerprint density at radius 3 is 3.14 bits per heavy atom. The number of phenols is 1. The molecule has 3 rings (SSSR count). The maximum absolute atomic E-state index is 9.75. The lowest BCUT2D eigenvalue weighted by Crippen LogP contribution is -1.84. The lowest BCUT2D eigenvalue weighted by Gasteiger charge is -2.04. The molecule has 2 nitrogen and oxygen atoms in total. The highest BCUT2D eigenvalue weighted by Crippen LogP contribution is 2.46. The number of phenolic OH excluding ortho intramolecular Hbond substituents is 1. The summed E-state index contributed by atoms with van der Waals surface area (Å²) >= 11 is 0. The van der Waals surface area contributed by atoms with E-state index < -0.39 is 0 Å². The van der Waals surface area contributed by atoms with Crippen molar-refractivity contribution >= 4 is 17.9 Å². The number of allylic oxidation sites excluding steroid dienone is 3. The summed E-state index contributed by atoms with van der Waals surface area (Å²) in [4.78, 5) is 4.25. The molecule has 2 heteroatoms. The van der Waals surface area contributed by atoms with E-state index in [1.54, 1.807) is 12.3 Å². The molecule has 0 saturated heterocycles. The monoisotopic (exact) mass is 183 g/mol. The first-order valence-corrected chi connectivity index (χ1v) is 4.61. The van der Waals surface area contributed by atoms with Crippen LogP contribution in [-0.4, -0.2) is 11.3 Å². The van der Waals surface area contributed by atoms with Gasteiger partial charge in [-0.2, -0.15) is 0 Å². The van der Waals surface area contributed by atoms with Gasteiger partial charge >= 0.3 is 0 Å². The molecule has 14 heavy (non-hydrogen) atoms. The van der Waals surface area contributed by atoms with Crippen LogP contribution in [0.2, 0.25) is 0 Å². The van der Waals surface area contributed by atoms with Crippen molar-refractivity contribution in [2.75, 3.05) is 0 Å². The minimum Gasteiger partial charge on any atom is -0.507 e. The molecule has 0 amide bonds. The smallest absolute Gasteiger partial charge is 0.123 e. The van der Waals surface area contributed by atoms with Crippen molar-refractivity contribution in [1.82, 2.24) is 0 Å². The third-order valence-electron chi connectivity index (χ3n) is 2.54. The van der Waals surface area contributed by atoms with Crippen LogP contribution in [0.25, 0.3) is 11.6 Å². The summed E-state index contributed by atoms with van der Waals surface area (Å²) in [7, 11) is 0. The van der Waals surface area contributed by atoms with E-state index in [1.807, 2.05) is 24.3 Å². The lowest BCUT2D eigenvalue weighted by molar-refractivity contribution is 0.473. The fraction of sp³-hybridized carbons (Fsp3) is 0.0833. The van der Waals surface area contributed by atoms with Gasteiger partial charge in [-0.25, -0.2) is 0 Å². The summed E-state index contributed by atoms with van der Waals surface area (Å²) in [5, 5.41) is 9.75. The van der Waals surface area contributed by atoms with Crippen LogP contribution in [0.5, 0.6) is 5.75 Å². The molecule has 1 aromatic carbocycles. The zero-order valence-corrected chi connectivity index (χ0v) is 7.57. The van der Waals surface area contributed by atoms with E-state index in [2.05, 4.69) is 4.99 Å². The first kappa shape index (κ1) is 7.56. The zero-order valence-electron chi connectivity index (χ0n) is 7.57. The quantitative estimate of drug-likeness (QED) is 0.658. The molecule has 68 valence electrons. The summed E-state index contributed by atoms with van der Waals surface area (Å²) in [6, 6.07) is 5.59. The second kappa shape index (κ2) is 2.58. The van der Waals surface area contributed by atoms with E-state index >= 15 is 0 Å². The highest BCUT2D eigenvalue weighted by Gasteiger charge is 2.26. The van der Waals surface area contributed by atoms with E-state index in [9.17, 15) is 5.11 Å². The van der Waals surface area contributed by atoms with Crippen LogP contribution in [-0.2, 0) is 0 Å². The van der Waals surface area contributed by atoms with Gasteiger partial charge in [0.25, 0.3) is 0 Å². The minimum absolute atomic E-state index is 0.356.